The Hall–Kier alpha value is -3.98. The first-order chi connectivity index (χ1) is 16.5. The van der Waals surface area contributed by atoms with Crippen LogP contribution in [0.15, 0.2) is 67.0 Å². The normalized spacial score (nSPS) is 16.9. The maximum absolute atomic E-state index is 13.1. The van der Waals surface area contributed by atoms with Crippen molar-refractivity contribution in [1.29, 1.82) is 5.41 Å². The van der Waals surface area contributed by atoms with E-state index >= 15 is 0 Å². The number of hydrogen-bond acceptors (Lipinski definition) is 7. The van der Waals surface area contributed by atoms with Crippen LogP contribution in [0.5, 0.6) is 5.75 Å². The van der Waals surface area contributed by atoms with Gasteiger partial charge in [0.1, 0.15) is 18.2 Å². The average molecular weight is 496 g/mol. The smallest absolute Gasteiger partial charge is 0.306 e. The van der Waals surface area contributed by atoms with E-state index in [0.717, 1.165) is 11.3 Å². The summed E-state index contributed by atoms with van der Waals surface area (Å²) >= 11 is 0. The SMILES string of the molecule is COC(=O)C[C@@H]1C[C@@H](COc2ccc(-c3ncc(C(=N)N)cn3)cc2)N(c2ccccc2)C1=O.Cl. The van der Waals surface area contributed by atoms with Crippen LogP contribution in [-0.2, 0) is 14.3 Å². The Morgan fingerprint density at radius 2 is 1.77 bits per heavy atom. The van der Waals surface area contributed by atoms with Crippen molar-refractivity contribution in [3.8, 4) is 17.1 Å². The molecule has 3 aromatic rings. The molecule has 0 bridgehead atoms. The van der Waals surface area contributed by atoms with Gasteiger partial charge in [0.15, 0.2) is 5.82 Å². The number of aromatic nitrogens is 2. The Bertz CT molecular complexity index is 1170. The molecule has 1 saturated heterocycles. The summed E-state index contributed by atoms with van der Waals surface area (Å²) in [4.78, 5) is 35.1. The zero-order valence-corrected chi connectivity index (χ0v) is 19.9. The van der Waals surface area contributed by atoms with Gasteiger partial charge >= 0.3 is 5.97 Å². The summed E-state index contributed by atoms with van der Waals surface area (Å²) in [7, 11) is 1.32. The molecule has 1 amide bonds. The Labute approximate surface area is 209 Å². The molecule has 3 N–H and O–H groups in total. The molecule has 0 unspecified atom stereocenters. The van der Waals surface area contributed by atoms with E-state index in [1.165, 1.54) is 19.5 Å². The molecule has 9 nitrogen and oxygen atoms in total. The molecule has 182 valence electrons. The fourth-order valence-electron chi connectivity index (χ4n) is 3.94. The lowest BCUT2D eigenvalue weighted by Gasteiger charge is -2.25. The van der Waals surface area contributed by atoms with E-state index in [0.29, 0.717) is 23.6 Å². The maximum atomic E-state index is 13.1. The molecule has 1 aliphatic rings. The third-order valence-electron chi connectivity index (χ3n) is 5.70. The standard InChI is InChI=1S/C25H25N5O4.ClH/c1-33-22(31)12-17-11-20(30(25(17)32)19-5-3-2-4-6-19)15-34-21-9-7-16(8-10-21)24-28-13-18(14-29-24)23(26)27;/h2-10,13-14,17,20H,11-12,15H2,1H3,(H3,26,27);1H/t17-,20-;/m0./s1. The number of rotatable bonds is 8. The van der Waals surface area contributed by atoms with Crippen LogP contribution in [-0.4, -0.2) is 47.4 Å². The van der Waals surface area contributed by atoms with Gasteiger partial charge in [-0.25, -0.2) is 9.97 Å². The van der Waals surface area contributed by atoms with Crippen molar-refractivity contribution in [2.75, 3.05) is 18.6 Å². The predicted molar refractivity (Wildman–Crippen MR) is 134 cm³/mol. The van der Waals surface area contributed by atoms with Gasteiger partial charge in [-0.05, 0) is 42.8 Å². The topological polar surface area (TPSA) is 131 Å². The number of nitrogens with one attached hydrogen (secondary N) is 1. The Morgan fingerprint density at radius 3 is 2.37 bits per heavy atom. The number of nitrogen functional groups attached to an aromatic ring is 1. The molecular weight excluding hydrogens is 470 g/mol. The second-order valence-electron chi connectivity index (χ2n) is 7.95. The summed E-state index contributed by atoms with van der Waals surface area (Å²) < 4.78 is 10.8. The highest BCUT2D eigenvalue weighted by atomic mass is 35.5. The highest BCUT2D eigenvalue weighted by molar-refractivity contribution is 5.99. The quantitative estimate of drug-likeness (QED) is 0.278. The van der Waals surface area contributed by atoms with Gasteiger partial charge in [-0.2, -0.15) is 0 Å². The molecule has 1 aliphatic heterocycles. The van der Waals surface area contributed by atoms with Gasteiger partial charge in [0, 0.05) is 23.6 Å². The fraction of sp³-hybridized carbons (Fsp3) is 0.240. The third kappa shape index (κ3) is 5.93. The minimum absolute atomic E-state index is 0. The molecule has 0 saturated carbocycles. The number of anilines is 1. The van der Waals surface area contributed by atoms with Gasteiger partial charge in [0.05, 0.1) is 31.1 Å². The van der Waals surface area contributed by atoms with E-state index in [1.807, 2.05) is 54.6 Å². The van der Waals surface area contributed by atoms with Crippen LogP contribution in [0.25, 0.3) is 11.4 Å². The third-order valence-corrected chi connectivity index (χ3v) is 5.70. The summed E-state index contributed by atoms with van der Waals surface area (Å²) in [5.41, 5.74) is 7.47. The number of benzene rings is 2. The van der Waals surface area contributed by atoms with Crippen molar-refractivity contribution in [2.24, 2.45) is 11.7 Å². The minimum Gasteiger partial charge on any atom is -0.491 e. The number of carbonyl (C=O) groups is 2. The molecule has 0 radical (unpaired) electrons. The van der Waals surface area contributed by atoms with Crippen LogP contribution in [0.2, 0.25) is 0 Å². The summed E-state index contributed by atoms with van der Waals surface area (Å²) in [6, 6.07) is 16.5. The maximum Gasteiger partial charge on any atom is 0.306 e. The molecule has 10 heteroatoms. The number of para-hydroxylation sites is 1. The lowest BCUT2D eigenvalue weighted by atomic mass is 10.0. The summed E-state index contributed by atoms with van der Waals surface area (Å²) in [6.45, 7) is 0.279. The van der Waals surface area contributed by atoms with Crippen LogP contribution in [0, 0.1) is 11.3 Å². The van der Waals surface area contributed by atoms with E-state index < -0.39 is 11.9 Å². The van der Waals surface area contributed by atoms with Gasteiger partial charge in [-0.15, -0.1) is 12.4 Å². The van der Waals surface area contributed by atoms with Crippen LogP contribution in [0.4, 0.5) is 5.69 Å². The number of hydrogen-bond donors (Lipinski definition) is 2. The number of amidine groups is 1. The molecule has 0 aliphatic carbocycles. The second kappa shape index (κ2) is 11.4. The van der Waals surface area contributed by atoms with Crippen LogP contribution < -0.4 is 15.4 Å². The number of nitrogens with zero attached hydrogens (tertiary/aromatic N) is 3. The molecule has 35 heavy (non-hydrogen) atoms. The number of esters is 1. The summed E-state index contributed by atoms with van der Waals surface area (Å²) in [5.74, 6) is 0.117. The molecule has 2 atom stereocenters. The molecule has 2 aromatic carbocycles. The van der Waals surface area contributed by atoms with E-state index in [-0.39, 0.29) is 43.2 Å². The first-order valence-corrected chi connectivity index (χ1v) is 10.8. The summed E-state index contributed by atoms with van der Waals surface area (Å²) in [6.07, 6.45) is 3.56. The number of carbonyl (C=O) groups excluding carboxylic acids is 2. The van der Waals surface area contributed by atoms with Gasteiger partial charge in [0.25, 0.3) is 0 Å². The van der Waals surface area contributed by atoms with Crippen LogP contribution >= 0.6 is 12.4 Å². The van der Waals surface area contributed by atoms with Gasteiger partial charge in [0.2, 0.25) is 5.91 Å². The van der Waals surface area contributed by atoms with Crippen molar-refractivity contribution < 1.29 is 19.1 Å². The molecule has 4 rings (SSSR count). The lowest BCUT2D eigenvalue weighted by molar-refractivity contribution is -0.143. The van der Waals surface area contributed by atoms with Crippen molar-refractivity contribution in [3.63, 3.8) is 0 Å². The zero-order valence-electron chi connectivity index (χ0n) is 19.1. The van der Waals surface area contributed by atoms with Crippen LogP contribution in [0.3, 0.4) is 0 Å². The van der Waals surface area contributed by atoms with Crippen LogP contribution in [0.1, 0.15) is 18.4 Å². The van der Waals surface area contributed by atoms with E-state index in [9.17, 15) is 9.59 Å². The summed E-state index contributed by atoms with van der Waals surface area (Å²) in [5, 5.41) is 7.43. The number of ether oxygens (including phenoxy) is 2. The first-order valence-electron chi connectivity index (χ1n) is 10.8. The number of methoxy groups -OCH3 is 1. The first kappa shape index (κ1) is 25.6. The number of halogens is 1. The van der Waals surface area contributed by atoms with E-state index in [4.69, 9.17) is 20.6 Å². The highest BCUT2D eigenvalue weighted by Gasteiger charge is 2.41. The number of nitrogens with two attached hydrogens (primary N) is 1. The molecular formula is C25H26ClN5O4. The van der Waals surface area contributed by atoms with Gasteiger partial charge in [-0.3, -0.25) is 15.0 Å². The second-order valence-corrected chi connectivity index (χ2v) is 7.95. The lowest BCUT2D eigenvalue weighted by Crippen LogP contribution is -2.37. The fourth-order valence-corrected chi connectivity index (χ4v) is 3.94. The molecule has 2 heterocycles. The predicted octanol–water partition coefficient (Wildman–Crippen LogP) is 3.21. The van der Waals surface area contributed by atoms with Crippen molar-refractivity contribution in [3.05, 3.63) is 72.6 Å². The average Bonchev–Trinajstić information content (AvgIpc) is 3.18. The molecule has 1 fully saturated rings. The largest absolute Gasteiger partial charge is 0.491 e. The van der Waals surface area contributed by atoms with Gasteiger partial charge in [-0.1, -0.05) is 18.2 Å². The van der Waals surface area contributed by atoms with Gasteiger partial charge < -0.3 is 20.1 Å². The number of amides is 1. The highest BCUT2D eigenvalue weighted by Crippen LogP contribution is 2.33. The zero-order chi connectivity index (χ0) is 24.1. The Morgan fingerprint density at radius 1 is 1.11 bits per heavy atom. The molecule has 0 spiro atoms. The van der Waals surface area contributed by atoms with E-state index in [2.05, 4.69) is 9.97 Å². The van der Waals surface area contributed by atoms with Crippen molar-refractivity contribution in [1.82, 2.24) is 9.97 Å². The Balaban J connectivity index is 0.00000342. The Kier molecular flexibility index (Phi) is 8.38. The van der Waals surface area contributed by atoms with Crippen molar-refractivity contribution >= 4 is 35.8 Å². The minimum atomic E-state index is -0.446. The monoisotopic (exact) mass is 495 g/mol. The van der Waals surface area contributed by atoms with E-state index in [1.54, 1.807) is 4.90 Å². The molecule has 1 aromatic heterocycles. The van der Waals surface area contributed by atoms with Crippen molar-refractivity contribution in [2.45, 2.75) is 18.9 Å².